The van der Waals surface area contributed by atoms with Gasteiger partial charge in [0, 0.05) is 18.4 Å². The molecule has 1 rings (SSSR count). The van der Waals surface area contributed by atoms with Crippen molar-refractivity contribution in [2.45, 2.75) is 32.7 Å². The number of hydrogen-bond acceptors (Lipinski definition) is 2. The van der Waals surface area contributed by atoms with Gasteiger partial charge in [0.25, 0.3) is 0 Å². The van der Waals surface area contributed by atoms with Gasteiger partial charge in [0.2, 0.25) is 0 Å². The number of aromatic nitrogens is 1. The van der Waals surface area contributed by atoms with E-state index in [9.17, 15) is 0 Å². The molecule has 0 radical (unpaired) electrons. The van der Waals surface area contributed by atoms with Gasteiger partial charge in [0.05, 0.1) is 5.69 Å². The molecule has 0 aliphatic heterocycles. The molecule has 1 heterocycles. The van der Waals surface area contributed by atoms with Crippen molar-refractivity contribution in [2.24, 2.45) is 0 Å². The molecule has 2 nitrogen and oxygen atoms in total. The lowest BCUT2D eigenvalue weighted by molar-refractivity contribution is 0.711. The van der Waals surface area contributed by atoms with Crippen LogP contribution in [0.5, 0.6) is 0 Å². The summed E-state index contributed by atoms with van der Waals surface area (Å²) in [6.45, 7) is 8.23. The van der Waals surface area contributed by atoms with Crippen molar-refractivity contribution in [1.29, 1.82) is 0 Å². The molecule has 0 aromatic carbocycles. The average molecular weight is 190 g/mol. The highest BCUT2D eigenvalue weighted by Gasteiger charge is 2.07. The molecule has 0 amide bonds. The topological polar surface area (TPSA) is 24.9 Å². The minimum Gasteiger partial charge on any atom is -0.377 e. The fourth-order valence-corrected chi connectivity index (χ4v) is 1.38. The Morgan fingerprint density at radius 1 is 1.64 bits per heavy atom. The molecule has 0 bridgehead atoms. The van der Waals surface area contributed by atoms with E-state index in [-0.39, 0.29) is 0 Å². The van der Waals surface area contributed by atoms with Gasteiger partial charge in [0.1, 0.15) is 0 Å². The maximum atomic E-state index is 4.07. The molecule has 1 aromatic rings. The first kappa shape index (κ1) is 10.8. The Kier molecular flexibility index (Phi) is 4.17. The molecular formula is C12H18N2. The summed E-state index contributed by atoms with van der Waals surface area (Å²) in [5.74, 6) is 0. The molecule has 1 N–H and O–H groups in total. The van der Waals surface area contributed by atoms with E-state index in [1.54, 1.807) is 6.20 Å². The zero-order valence-electron chi connectivity index (χ0n) is 8.96. The van der Waals surface area contributed by atoms with Crippen molar-refractivity contribution in [1.82, 2.24) is 4.98 Å². The van der Waals surface area contributed by atoms with Crippen LogP contribution in [0.4, 0.5) is 5.69 Å². The van der Waals surface area contributed by atoms with Crippen molar-refractivity contribution in [2.75, 3.05) is 5.32 Å². The number of nitrogens with one attached hydrogen (secondary N) is 1. The summed E-state index contributed by atoms with van der Waals surface area (Å²) in [4.78, 5) is 4.07. The second kappa shape index (κ2) is 5.43. The number of hydrogen-bond donors (Lipinski definition) is 1. The third-order valence-electron chi connectivity index (χ3n) is 2.17. The first-order valence-electron chi connectivity index (χ1n) is 5.06. The molecule has 0 spiro atoms. The van der Waals surface area contributed by atoms with Crippen LogP contribution in [0.15, 0.2) is 36.7 Å². The van der Waals surface area contributed by atoms with Crippen LogP contribution < -0.4 is 5.32 Å². The van der Waals surface area contributed by atoms with Crippen LogP contribution in [0.25, 0.3) is 0 Å². The molecule has 0 saturated carbocycles. The van der Waals surface area contributed by atoms with Crippen LogP contribution in [0, 0.1) is 0 Å². The van der Waals surface area contributed by atoms with E-state index in [4.69, 9.17) is 0 Å². The standard InChI is InChI=1S/C12H18N2/c1-4-6-12(10(2)3)14-11-7-5-8-13-9-11/h5,7-9,12,14H,2,4,6H2,1,3H3. The van der Waals surface area contributed by atoms with Crippen LogP contribution >= 0.6 is 0 Å². The lowest BCUT2D eigenvalue weighted by atomic mass is 10.1. The Labute approximate surface area is 86.1 Å². The van der Waals surface area contributed by atoms with Crippen LogP contribution in [0.3, 0.4) is 0 Å². The first-order valence-corrected chi connectivity index (χ1v) is 5.06. The molecule has 0 saturated heterocycles. The molecular weight excluding hydrogens is 172 g/mol. The third kappa shape index (κ3) is 3.21. The minimum atomic E-state index is 0.365. The summed E-state index contributed by atoms with van der Waals surface area (Å²) < 4.78 is 0. The van der Waals surface area contributed by atoms with Crippen LogP contribution in [0.1, 0.15) is 26.7 Å². The van der Waals surface area contributed by atoms with Gasteiger partial charge in [-0.05, 0) is 25.5 Å². The molecule has 0 fully saturated rings. The van der Waals surface area contributed by atoms with E-state index in [1.807, 2.05) is 18.3 Å². The Hall–Kier alpha value is -1.31. The number of rotatable bonds is 5. The van der Waals surface area contributed by atoms with Crippen molar-refractivity contribution in [3.05, 3.63) is 36.7 Å². The number of nitrogens with zero attached hydrogens (tertiary/aromatic N) is 1. The molecule has 1 aromatic heterocycles. The van der Waals surface area contributed by atoms with Gasteiger partial charge in [-0.2, -0.15) is 0 Å². The van der Waals surface area contributed by atoms with E-state index in [0.717, 1.165) is 18.5 Å². The summed E-state index contributed by atoms with van der Waals surface area (Å²) in [6.07, 6.45) is 5.89. The normalized spacial score (nSPS) is 12.1. The maximum Gasteiger partial charge on any atom is 0.0531 e. The van der Waals surface area contributed by atoms with Crippen molar-refractivity contribution in [3.63, 3.8) is 0 Å². The Balaban J connectivity index is 2.60. The molecule has 1 unspecified atom stereocenters. The smallest absolute Gasteiger partial charge is 0.0531 e. The molecule has 14 heavy (non-hydrogen) atoms. The van der Waals surface area contributed by atoms with Gasteiger partial charge < -0.3 is 5.32 Å². The summed E-state index contributed by atoms with van der Waals surface area (Å²) in [6, 6.07) is 4.33. The van der Waals surface area contributed by atoms with Gasteiger partial charge in [-0.3, -0.25) is 4.98 Å². The minimum absolute atomic E-state index is 0.365. The van der Waals surface area contributed by atoms with E-state index < -0.39 is 0 Å². The predicted octanol–water partition coefficient (Wildman–Crippen LogP) is 3.24. The van der Waals surface area contributed by atoms with Crippen LogP contribution in [-0.4, -0.2) is 11.0 Å². The van der Waals surface area contributed by atoms with E-state index in [1.165, 1.54) is 5.57 Å². The van der Waals surface area contributed by atoms with Gasteiger partial charge in [-0.1, -0.05) is 25.5 Å². The largest absolute Gasteiger partial charge is 0.377 e. The SMILES string of the molecule is C=C(C)C(CCC)Nc1cccnc1. The molecule has 1 atom stereocenters. The molecule has 76 valence electrons. The summed E-state index contributed by atoms with van der Waals surface area (Å²) in [5.41, 5.74) is 2.24. The lowest BCUT2D eigenvalue weighted by Crippen LogP contribution is -2.20. The highest BCUT2D eigenvalue weighted by atomic mass is 14.9. The van der Waals surface area contributed by atoms with Gasteiger partial charge >= 0.3 is 0 Å². The summed E-state index contributed by atoms with van der Waals surface area (Å²) >= 11 is 0. The second-order valence-corrected chi connectivity index (χ2v) is 3.57. The number of anilines is 1. The van der Waals surface area contributed by atoms with Gasteiger partial charge in [0.15, 0.2) is 0 Å². The Morgan fingerprint density at radius 2 is 2.43 bits per heavy atom. The molecule has 0 aliphatic carbocycles. The zero-order chi connectivity index (χ0) is 10.4. The summed E-state index contributed by atoms with van der Waals surface area (Å²) in [5, 5.41) is 3.42. The maximum absolute atomic E-state index is 4.07. The van der Waals surface area contributed by atoms with E-state index in [0.29, 0.717) is 6.04 Å². The van der Waals surface area contributed by atoms with E-state index >= 15 is 0 Å². The Morgan fingerprint density at radius 3 is 2.93 bits per heavy atom. The van der Waals surface area contributed by atoms with E-state index in [2.05, 4.69) is 30.7 Å². The number of pyridine rings is 1. The highest BCUT2D eigenvalue weighted by molar-refractivity contribution is 5.42. The quantitative estimate of drug-likeness (QED) is 0.721. The van der Waals surface area contributed by atoms with Crippen molar-refractivity contribution >= 4 is 5.69 Å². The molecule has 2 heteroatoms. The zero-order valence-corrected chi connectivity index (χ0v) is 8.96. The van der Waals surface area contributed by atoms with Gasteiger partial charge in [-0.15, -0.1) is 0 Å². The fraction of sp³-hybridized carbons (Fsp3) is 0.417. The Bertz CT molecular complexity index is 280. The lowest BCUT2D eigenvalue weighted by Gasteiger charge is -2.19. The summed E-state index contributed by atoms with van der Waals surface area (Å²) in [7, 11) is 0. The van der Waals surface area contributed by atoms with Crippen molar-refractivity contribution < 1.29 is 0 Å². The monoisotopic (exact) mass is 190 g/mol. The van der Waals surface area contributed by atoms with Crippen LogP contribution in [0.2, 0.25) is 0 Å². The highest BCUT2D eigenvalue weighted by Crippen LogP contribution is 2.13. The van der Waals surface area contributed by atoms with Gasteiger partial charge in [-0.25, -0.2) is 0 Å². The average Bonchev–Trinajstić information content (AvgIpc) is 2.18. The van der Waals surface area contributed by atoms with Crippen LogP contribution in [-0.2, 0) is 0 Å². The predicted molar refractivity (Wildman–Crippen MR) is 61.4 cm³/mol. The molecule has 0 aliphatic rings. The third-order valence-corrected chi connectivity index (χ3v) is 2.17. The first-order chi connectivity index (χ1) is 6.74. The van der Waals surface area contributed by atoms with Crippen molar-refractivity contribution in [3.8, 4) is 0 Å². The second-order valence-electron chi connectivity index (χ2n) is 3.57. The fourth-order valence-electron chi connectivity index (χ4n) is 1.38.